The normalized spacial score (nSPS) is 13.4. The van der Waals surface area contributed by atoms with E-state index in [2.05, 4.69) is 10.3 Å². The van der Waals surface area contributed by atoms with Crippen molar-refractivity contribution in [3.63, 3.8) is 0 Å². The van der Waals surface area contributed by atoms with Gasteiger partial charge in [0, 0.05) is 46.4 Å². The summed E-state index contributed by atoms with van der Waals surface area (Å²) in [4.78, 5) is 20.7. The van der Waals surface area contributed by atoms with Crippen molar-refractivity contribution in [2.75, 3.05) is 50.2 Å². The van der Waals surface area contributed by atoms with Crippen LogP contribution >= 0.6 is 0 Å². The molecule has 0 atom stereocenters. The summed E-state index contributed by atoms with van der Waals surface area (Å²) >= 11 is 0. The van der Waals surface area contributed by atoms with Gasteiger partial charge in [0.25, 0.3) is 0 Å². The maximum Gasteiger partial charge on any atom is 0.241 e. The Morgan fingerprint density at radius 1 is 1.11 bits per heavy atom. The second-order valence-corrected chi connectivity index (χ2v) is 9.00. The average molecular weight is 491 g/mol. The number of likely N-dealkylation sites (N-methyl/N-ethyl adjacent to an activating group) is 1. The Hall–Kier alpha value is -3.88. The molecule has 3 aromatic rings. The van der Waals surface area contributed by atoms with Crippen LogP contribution in [0.2, 0.25) is 0 Å². The van der Waals surface area contributed by atoms with Gasteiger partial charge in [-0.1, -0.05) is 36.4 Å². The number of ether oxygens (including phenoxy) is 1. The van der Waals surface area contributed by atoms with Crippen LogP contribution in [0.15, 0.2) is 66.7 Å². The van der Waals surface area contributed by atoms with Gasteiger partial charge in [0.1, 0.15) is 0 Å². The van der Waals surface area contributed by atoms with Gasteiger partial charge in [-0.05, 0) is 62.0 Å². The van der Waals surface area contributed by atoms with E-state index >= 15 is 0 Å². The highest BCUT2D eigenvalue weighted by molar-refractivity contribution is 5.98. The van der Waals surface area contributed by atoms with Crippen molar-refractivity contribution in [2.24, 2.45) is 0 Å². The molecule has 1 aliphatic heterocycles. The number of halogens is 1. The summed E-state index contributed by atoms with van der Waals surface area (Å²) in [6, 6.07) is 20.4. The minimum atomic E-state index is -0.0223. The Morgan fingerprint density at radius 3 is 2.56 bits per heavy atom. The lowest BCUT2D eigenvalue weighted by atomic mass is 10.0. The number of hydrogen-bond donors (Lipinski definition) is 2. The van der Waals surface area contributed by atoms with Crippen molar-refractivity contribution in [1.29, 1.82) is 0 Å². The number of hydrogen-bond acceptors (Lipinski definition) is 6. The van der Waals surface area contributed by atoms with Gasteiger partial charge in [-0.2, -0.15) is 0 Å². The lowest BCUT2D eigenvalue weighted by Gasteiger charge is -2.20. The Bertz CT molecular complexity index is 1260. The molecule has 0 saturated carbocycles. The van der Waals surface area contributed by atoms with E-state index in [0.29, 0.717) is 36.6 Å². The van der Waals surface area contributed by atoms with E-state index in [1.165, 1.54) is 0 Å². The predicted molar refractivity (Wildman–Crippen MR) is 142 cm³/mol. The van der Waals surface area contributed by atoms with E-state index in [4.69, 9.17) is 10.5 Å². The number of amides is 1. The van der Waals surface area contributed by atoms with Crippen molar-refractivity contribution >= 4 is 34.4 Å². The quantitative estimate of drug-likeness (QED) is 0.257. The van der Waals surface area contributed by atoms with Crippen LogP contribution in [-0.2, 0) is 27.5 Å². The third-order valence-corrected chi connectivity index (χ3v) is 6.04. The maximum absolute atomic E-state index is 14.1. The summed E-state index contributed by atoms with van der Waals surface area (Å²) in [6.45, 7) is 1.38. The highest BCUT2D eigenvalue weighted by Gasteiger charge is 2.25. The van der Waals surface area contributed by atoms with Crippen LogP contribution in [0.5, 0.6) is 0 Å². The van der Waals surface area contributed by atoms with Crippen LogP contribution < -0.4 is 16.0 Å². The number of nitrogens with two attached hydrogens (primary N) is 1. The molecule has 0 spiro atoms. The first kappa shape index (κ1) is 25.2. The third-order valence-electron chi connectivity index (χ3n) is 6.04. The molecule has 0 unspecified atom stereocenters. The van der Waals surface area contributed by atoms with Gasteiger partial charge >= 0.3 is 0 Å². The minimum Gasteiger partial charge on any atom is -0.398 e. The molecule has 0 saturated heterocycles. The van der Waals surface area contributed by atoms with Crippen LogP contribution in [0, 0.1) is 0 Å². The molecule has 4 rings (SSSR count). The largest absolute Gasteiger partial charge is 0.398 e. The zero-order valence-corrected chi connectivity index (χ0v) is 20.8. The Morgan fingerprint density at radius 2 is 1.89 bits per heavy atom. The molecule has 1 heterocycles. The van der Waals surface area contributed by atoms with Gasteiger partial charge in [0.05, 0.1) is 18.8 Å². The van der Waals surface area contributed by atoms with Crippen molar-refractivity contribution in [3.8, 4) is 0 Å². The number of nitrogen functional groups attached to an aromatic ring is 1. The first-order valence-corrected chi connectivity index (χ1v) is 11.7. The minimum absolute atomic E-state index is 0.0223. The second kappa shape index (κ2) is 11.2. The lowest BCUT2D eigenvalue weighted by molar-refractivity contribution is -0.119. The molecule has 0 radical (unpaired) electrons. The van der Waals surface area contributed by atoms with Gasteiger partial charge in [-0.3, -0.25) is 9.74 Å². The standard InChI is InChI=1S/C28H31FN4O3/c1-32(2)17-26(34)33-14-13-21-16-22(10-12-25(21)33)31-27(20-7-5-4-6-8-20)28(36-29)23-11-9-19(18-35-3)15-24(23)30/h4-12,15-16,31H,13-14,17-18,30H2,1-3H3/b28-27-. The molecule has 188 valence electrons. The topological polar surface area (TPSA) is 80.1 Å². The number of anilines is 3. The molecule has 1 amide bonds. The Balaban J connectivity index is 1.72. The summed E-state index contributed by atoms with van der Waals surface area (Å²) in [5, 5.41) is 3.34. The van der Waals surface area contributed by atoms with Crippen LogP contribution in [0.1, 0.15) is 22.3 Å². The van der Waals surface area contributed by atoms with E-state index in [1.54, 1.807) is 19.2 Å². The number of fused-ring (bicyclic) bond motifs is 1. The van der Waals surface area contributed by atoms with E-state index in [0.717, 1.165) is 34.5 Å². The summed E-state index contributed by atoms with van der Waals surface area (Å²) < 4.78 is 19.3. The first-order valence-electron chi connectivity index (χ1n) is 11.7. The zero-order valence-electron chi connectivity index (χ0n) is 20.8. The third kappa shape index (κ3) is 5.50. The summed E-state index contributed by atoms with van der Waals surface area (Å²) in [6.07, 6.45) is 0.745. The van der Waals surface area contributed by atoms with E-state index in [1.807, 2.05) is 78.5 Å². The van der Waals surface area contributed by atoms with Crippen molar-refractivity contribution in [3.05, 3.63) is 89.0 Å². The highest BCUT2D eigenvalue weighted by Crippen LogP contribution is 2.35. The molecule has 7 nitrogen and oxygen atoms in total. The molecule has 8 heteroatoms. The number of carbonyl (C=O) groups excluding carboxylic acids is 1. The average Bonchev–Trinajstić information content (AvgIpc) is 3.29. The number of benzene rings is 3. The fraction of sp³-hybridized carbons (Fsp3) is 0.250. The van der Waals surface area contributed by atoms with E-state index < -0.39 is 0 Å². The second-order valence-electron chi connectivity index (χ2n) is 9.00. The lowest BCUT2D eigenvalue weighted by Crippen LogP contribution is -2.36. The van der Waals surface area contributed by atoms with Crippen molar-refractivity contribution < 1.29 is 19.0 Å². The van der Waals surface area contributed by atoms with Gasteiger partial charge in [-0.25, -0.2) is 0 Å². The molecule has 0 bridgehead atoms. The smallest absolute Gasteiger partial charge is 0.241 e. The van der Waals surface area contributed by atoms with Crippen LogP contribution in [0.25, 0.3) is 11.5 Å². The van der Waals surface area contributed by atoms with Gasteiger partial charge in [0.2, 0.25) is 11.7 Å². The van der Waals surface area contributed by atoms with E-state index in [-0.39, 0.29) is 11.7 Å². The number of nitrogens with one attached hydrogen (secondary N) is 1. The van der Waals surface area contributed by atoms with Crippen molar-refractivity contribution in [2.45, 2.75) is 13.0 Å². The molecule has 3 N–H and O–H groups in total. The Kier molecular flexibility index (Phi) is 7.87. The van der Waals surface area contributed by atoms with Crippen molar-refractivity contribution in [1.82, 2.24) is 4.90 Å². The van der Waals surface area contributed by atoms with Gasteiger partial charge < -0.3 is 25.6 Å². The number of nitrogens with zero attached hydrogens (tertiary/aromatic N) is 2. The molecule has 3 aromatic carbocycles. The number of rotatable bonds is 9. The predicted octanol–water partition coefficient (Wildman–Crippen LogP) is 4.70. The van der Waals surface area contributed by atoms with Crippen LogP contribution in [-0.4, -0.2) is 45.1 Å². The fourth-order valence-corrected chi connectivity index (χ4v) is 4.39. The molecule has 36 heavy (non-hydrogen) atoms. The molecule has 0 aromatic heterocycles. The van der Waals surface area contributed by atoms with Gasteiger partial charge in [0.15, 0.2) is 0 Å². The Labute approximate surface area is 210 Å². The number of methoxy groups -OCH3 is 1. The molecular weight excluding hydrogens is 459 g/mol. The first-order chi connectivity index (χ1) is 17.4. The van der Waals surface area contributed by atoms with Crippen LogP contribution in [0.4, 0.5) is 21.6 Å². The molecular formula is C28H31FN4O3. The van der Waals surface area contributed by atoms with E-state index in [9.17, 15) is 9.32 Å². The summed E-state index contributed by atoms with van der Waals surface area (Å²) in [5.41, 5.74) is 11.8. The summed E-state index contributed by atoms with van der Waals surface area (Å²) in [5.74, 6) is 0.0378. The fourth-order valence-electron chi connectivity index (χ4n) is 4.39. The highest BCUT2D eigenvalue weighted by atomic mass is 19.3. The monoisotopic (exact) mass is 490 g/mol. The summed E-state index contributed by atoms with van der Waals surface area (Å²) in [7, 11) is 5.36. The number of carbonyl (C=O) groups is 1. The SMILES string of the molecule is COCc1ccc(/C(OF)=C(/Nc2ccc3c(c2)CCN3C(=O)CN(C)C)c2ccccc2)c(N)c1. The molecule has 0 fully saturated rings. The molecule has 0 aliphatic carbocycles. The molecule has 1 aliphatic rings. The maximum atomic E-state index is 14.1. The van der Waals surface area contributed by atoms with Gasteiger partial charge in [-0.15, -0.1) is 0 Å². The van der Waals surface area contributed by atoms with Crippen LogP contribution in [0.3, 0.4) is 0 Å². The zero-order chi connectivity index (χ0) is 25.7.